The summed E-state index contributed by atoms with van der Waals surface area (Å²) in [4.78, 5) is 24.3. The average Bonchev–Trinajstić information content (AvgIpc) is 2.09. The van der Waals surface area contributed by atoms with Crippen molar-refractivity contribution in [1.82, 2.24) is 9.80 Å². The Morgan fingerprint density at radius 1 is 1.29 bits per heavy atom. The van der Waals surface area contributed by atoms with Crippen molar-refractivity contribution in [3.63, 3.8) is 0 Å². The molecule has 100 valence electrons. The Bertz CT molecular complexity index is 290. The van der Waals surface area contributed by atoms with Crippen molar-refractivity contribution in [1.29, 1.82) is 0 Å². The first-order valence-electron chi connectivity index (χ1n) is 5.08. The lowest BCUT2D eigenvalue weighted by Crippen LogP contribution is -2.53. The Morgan fingerprint density at radius 2 is 1.76 bits per heavy atom. The normalized spacial score (nSPS) is 11.5. The van der Waals surface area contributed by atoms with E-state index in [-0.39, 0.29) is 0 Å². The van der Waals surface area contributed by atoms with Crippen LogP contribution in [0.25, 0.3) is 0 Å². The maximum Gasteiger partial charge on any atom is 0.323 e. The Labute approximate surface area is 99.0 Å². The van der Waals surface area contributed by atoms with Gasteiger partial charge in [-0.25, -0.2) is 13.6 Å². The van der Waals surface area contributed by atoms with E-state index in [0.717, 1.165) is 9.80 Å². The Hall–Kier alpha value is -1.40. The number of rotatable bonds is 4. The van der Waals surface area contributed by atoms with Crippen LogP contribution in [0.2, 0.25) is 0 Å². The lowest BCUT2D eigenvalue weighted by atomic mass is 10.1. The second-order valence-corrected chi connectivity index (χ2v) is 4.70. The monoisotopic (exact) mass is 252 g/mol. The fourth-order valence-electron chi connectivity index (χ4n) is 1.22. The molecule has 0 rings (SSSR count). The van der Waals surface area contributed by atoms with Gasteiger partial charge in [0.05, 0.1) is 6.54 Å². The van der Waals surface area contributed by atoms with Gasteiger partial charge in [0.2, 0.25) is 0 Å². The zero-order chi connectivity index (χ0) is 13.8. The van der Waals surface area contributed by atoms with Crippen molar-refractivity contribution in [2.45, 2.75) is 32.7 Å². The highest BCUT2D eigenvalue weighted by atomic mass is 19.3. The smallest absolute Gasteiger partial charge is 0.323 e. The number of urea groups is 1. The molecule has 0 bridgehead atoms. The number of carboxylic acids is 1. The van der Waals surface area contributed by atoms with Gasteiger partial charge >= 0.3 is 12.0 Å². The number of amides is 2. The molecule has 5 nitrogen and oxygen atoms in total. The van der Waals surface area contributed by atoms with Crippen LogP contribution in [0.5, 0.6) is 0 Å². The largest absolute Gasteiger partial charge is 0.480 e. The molecular weight excluding hydrogens is 234 g/mol. The topological polar surface area (TPSA) is 60.9 Å². The maximum absolute atomic E-state index is 12.1. The van der Waals surface area contributed by atoms with Crippen LogP contribution in [-0.4, -0.2) is 59.0 Å². The van der Waals surface area contributed by atoms with Crippen LogP contribution in [0.15, 0.2) is 0 Å². The van der Waals surface area contributed by atoms with Gasteiger partial charge in [0.15, 0.2) is 0 Å². The van der Waals surface area contributed by atoms with Crippen LogP contribution in [0.1, 0.15) is 20.8 Å². The molecule has 17 heavy (non-hydrogen) atoms. The molecule has 2 amide bonds. The quantitative estimate of drug-likeness (QED) is 0.824. The van der Waals surface area contributed by atoms with Gasteiger partial charge in [-0.3, -0.25) is 4.79 Å². The van der Waals surface area contributed by atoms with E-state index in [1.165, 1.54) is 7.05 Å². The van der Waals surface area contributed by atoms with Crippen molar-refractivity contribution in [3.8, 4) is 0 Å². The summed E-state index contributed by atoms with van der Waals surface area (Å²) in [6.07, 6.45) is -2.64. The average molecular weight is 252 g/mol. The molecule has 0 aliphatic carbocycles. The van der Waals surface area contributed by atoms with E-state index in [4.69, 9.17) is 5.11 Å². The van der Waals surface area contributed by atoms with Crippen LogP contribution in [0.3, 0.4) is 0 Å². The molecule has 0 aliphatic heterocycles. The van der Waals surface area contributed by atoms with Gasteiger partial charge in [-0.05, 0) is 20.8 Å². The molecule has 0 aliphatic rings. The zero-order valence-electron chi connectivity index (χ0n) is 10.4. The van der Waals surface area contributed by atoms with Crippen LogP contribution in [-0.2, 0) is 4.79 Å². The predicted octanol–water partition coefficient (Wildman–Crippen LogP) is 1.49. The van der Waals surface area contributed by atoms with E-state index < -0.39 is 37.1 Å². The lowest BCUT2D eigenvalue weighted by Gasteiger charge is -2.37. The van der Waals surface area contributed by atoms with Crippen LogP contribution >= 0.6 is 0 Å². The van der Waals surface area contributed by atoms with Gasteiger partial charge in [-0.15, -0.1) is 0 Å². The second kappa shape index (κ2) is 5.79. The van der Waals surface area contributed by atoms with Gasteiger partial charge < -0.3 is 14.9 Å². The molecule has 0 aromatic rings. The number of nitrogens with zero attached hydrogens (tertiary/aromatic N) is 2. The van der Waals surface area contributed by atoms with E-state index in [0.29, 0.717) is 0 Å². The number of hydrogen-bond acceptors (Lipinski definition) is 2. The van der Waals surface area contributed by atoms with E-state index in [2.05, 4.69) is 0 Å². The van der Waals surface area contributed by atoms with Crippen molar-refractivity contribution in [3.05, 3.63) is 0 Å². The molecule has 0 aromatic carbocycles. The molecule has 0 unspecified atom stereocenters. The van der Waals surface area contributed by atoms with Crippen molar-refractivity contribution < 1.29 is 23.5 Å². The van der Waals surface area contributed by atoms with E-state index in [1.807, 2.05) is 0 Å². The van der Waals surface area contributed by atoms with Crippen molar-refractivity contribution in [2.75, 3.05) is 20.1 Å². The van der Waals surface area contributed by atoms with Crippen molar-refractivity contribution in [2.24, 2.45) is 0 Å². The molecular formula is C10H18F2N2O3. The van der Waals surface area contributed by atoms with E-state index in [1.54, 1.807) is 20.8 Å². The number of carbonyl (C=O) groups excluding carboxylic acids is 1. The fourth-order valence-corrected chi connectivity index (χ4v) is 1.22. The van der Waals surface area contributed by atoms with Crippen molar-refractivity contribution >= 4 is 12.0 Å². The minimum Gasteiger partial charge on any atom is -0.480 e. The summed E-state index contributed by atoms with van der Waals surface area (Å²) in [5.74, 6) is -1.18. The summed E-state index contributed by atoms with van der Waals surface area (Å²) in [6.45, 7) is 3.69. The number of alkyl halides is 2. The predicted molar refractivity (Wildman–Crippen MR) is 58.1 cm³/mol. The number of halogens is 2. The highest BCUT2D eigenvalue weighted by Gasteiger charge is 2.31. The highest BCUT2D eigenvalue weighted by molar-refractivity contribution is 5.80. The molecule has 0 saturated heterocycles. The SMILES string of the molecule is CN(CC(F)F)C(=O)N(CC(=O)O)C(C)(C)C. The van der Waals surface area contributed by atoms with Gasteiger partial charge in [-0.1, -0.05) is 0 Å². The van der Waals surface area contributed by atoms with Gasteiger partial charge in [0.1, 0.15) is 6.54 Å². The molecule has 1 N–H and O–H groups in total. The minimum atomic E-state index is -2.64. The Balaban J connectivity index is 4.81. The molecule has 0 aromatic heterocycles. The van der Waals surface area contributed by atoms with E-state index in [9.17, 15) is 18.4 Å². The molecule has 7 heteroatoms. The van der Waals surface area contributed by atoms with Crippen LogP contribution in [0, 0.1) is 0 Å². The third-order valence-electron chi connectivity index (χ3n) is 2.07. The fraction of sp³-hybridized carbons (Fsp3) is 0.800. The molecule has 0 atom stereocenters. The van der Waals surface area contributed by atoms with E-state index >= 15 is 0 Å². The summed E-state index contributed by atoms with van der Waals surface area (Å²) in [5, 5.41) is 8.70. The number of aliphatic carboxylic acids is 1. The molecule has 0 radical (unpaired) electrons. The minimum absolute atomic E-state index is 0.518. The molecule has 0 saturated carbocycles. The van der Waals surface area contributed by atoms with Crippen LogP contribution < -0.4 is 0 Å². The summed E-state index contributed by atoms with van der Waals surface area (Å²) < 4.78 is 24.3. The standard InChI is InChI=1S/C10H18F2N2O3/c1-10(2,3)14(6-8(15)16)9(17)13(4)5-7(11)12/h7H,5-6H2,1-4H3,(H,15,16). The third-order valence-corrected chi connectivity index (χ3v) is 2.07. The maximum atomic E-state index is 12.1. The summed E-state index contributed by atoms with van der Waals surface area (Å²) >= 11 is 0. The van der Waals surface area contributed by atoms with Gasteiger partial charge in [0.25, 0.3) is 6.43 Å². The lowest BCUT2D eigenvalue weighted by molar-refractivity contribution is -0.138. The summed E-state index contributed by atoms with van der Waals surface area (Å²) in [7, 11) is 1.22. The second-order valence-electron chi connectivity index (χ2n) is 4.70. The Kier molecular flexibility index (Phi) is 5.31. The number of carboxylic acid groups (broad SMARTS) is 1. The summed E-state index contributed by atoms with van der Waals surface area (Å²) in [5.41, 5.74) is -0.744. The molecule has 0 spiro atoms. The zero-order valence-corrected chi connectivity index (χ0v) is 10.4. The van der Waals surface area contributed by atoms with Gasteiger partial charge in [-0.2, -0.15) is 0 Å². The number of hydrogen-bond donors (Lipinski definition) is 1. The number of carbonyl (C=O) groups is 2. The first-order chi connectivity index (χ1) is 7.55. The molecule has 0 heterocycles. The molecule has 0 fully saturated rings. The summed E-state index contributed by atoms with van der Waals surface area (Å²) in [6, 6.07) is -0.722. The first kappa shape index (κ1) is 15.6. The first-order valence-corrected chi connectivity index (χ1v) is 5.08. The third kappa shape index (κ3) is 5.46. The van der Waals surface area contributed by atoms with Crippen LogP contribution in [0.4, 0.5) is 13.6 Å². The Morgan fingerprint density at radius 3 is 2.06 bits per heavy atom. The van der Waals surface area contributed by atoms with Gasteiger partial charge in [0, 0.05) is 12.6 Å². The highest BCUT2D eigenvalue weighted by Crippen LogP contribution is 2.15.